The summed E-state index contributed by atoms with van der Waals surface area (Å²) in [6, 6.07) is 8.13. The van der Waals surface area contributed by atoms with Gasteiger partial charge in [-0.1, -0.05) is 0 Å². The Hall–Kier alpha value is -2.63. The van der Waals surface area contributed by atoms with Gasteiger partial charge in [0.25, 0.3) is 0 Å². The number of carboxylic acid groups (broad SMARTS) is 1. The number of carboxylic acids is 1. The second-order valence-corrected chi connectivity index (χ2v) is 3.81. The highest BCUT2D eigenvalue weighted by atomic mass is 16.5. The van der Waals surface area contributed by atoms with Crippen molar-refractivity contribution >= 4 is 17.6 Å². The van der Waals surface area contributed by atoms with Gasteiger partial charge in [-0.15, -0.1) is 0 Å². The van der Waals surface area contributed by atoms with Crippen molar-refractivity contribution in [3.63, 3.8) is 0 Å². The van der Waals surface area contributed by atoms with Gasteiger partial charge in [-0.2, -0.15) is 4.98 Å². The SMILES string of the molecule is COc1ccnc(N(C)c2ccc(C(=O)O)cc2)n1. The minimum atomic E-state index is -0.952. The van der Waals surface area contributed by atoms with Crippen LogP contribution < -0.4 is 9.64 Å². The molecule has 6 nitrogen and oxygen atoms in total. The van der Waals surface area contributed by atoms with Crippen LogP contribution in [0.15, 0.2) is 36.5 Å². The van der Waals surface area contributed by atoms with Gasteiger partial charge >= 0.3 is 5.97 Å². The number of hydrogen-bond acceptors (Lipinski definition) is 5. The molecule has 0 atom stereocenters. The topological polar surface area (TPSA) is 75.5 Å². The maximum Gasteiger partial charge on any atom is 0.335 e. The summed E-state index contributed by atoms with van der Waals surface area (Å²) in [6.07, 6.45) is 1.60. The maximum atomic E-state index is 10.8. The zero-order valence-electron chi connectivity index (χ0n) is 10.6. The summed E-state index contributed by atoms with van der Waals surface area (Å²) in [4.78, 5) is 20.9. The van der Waals surface area contributed by atoms with Crippen LogP contribution in [-0.4, -0.2) is 35.2 Å². The van der Waals surface area contributed by atoms with Crippen LogP contribution in [0.3, 0.4) is 0 Å². The van der Waals surface area contributed by atoms with Crippen LogP contribution in [0.5, 0.6) is 5.88 Å². The van der Waals surface area contributed by atoms with Gasteiger partial charge in [-0.3, -0.25) is 0 Å². The van der Waals surface area contributed by atoms with Gasteiger partial charge in [0, 0.05) is 25.0 Å². The first-order chi connectivity index (χ1) is 9.11. The van der Waals surface area contributed by atoms with E-state index in [1.54, 1.807) is 36.3 Å². The second kappa shape index (κ2) is 5.34. The summed E-state index contributed by atoms with van der Waals surface area (Å²) in [7, 11) is 3.33. The number of aromatic carboxylic acids is 1. The molecule has 0 fully saturated rings. The van der Waals surface area contributed by atoms with Crippen molar-refractivity contribution in [3.8, 4) is 5.88 Å². The lowest BCUT2D eigenvalue weighted by Gasteiger charge is -2.17. The minimum Gasteiger partial charge on any atom is -0.481 e. The quantitative estimate of drug-likeness (QED) is 0.904. The Kier molecular flexibility index (Phi) is 3.61. The predicted octanol–water partition coefficient (Wildman–Crippen LogP) is 1.95. The summed E-state index contributed by atoms with van der Waals surface area (Å²) in [5, 5.41) is 8.84. The number of anilines is 2. The number of carbonyl (C=O) groups is 1. The van der Waals surface area contributed by atoms with Crippen LogP contribution in [-0.2, 0) is 0 Å². The lowest BCUT2D eigenvalue weighted by Crippen LogP contribution is -2.13. The molecule has 0 unspecified atom stereocenters. The monoisotopic (exact) mass is 259 g/mol. The lowest BCUT2D eigenvalue weighted by atomic mass is 10.2. The van der Waals surface area contributed by atoms with Gasteiger partial charge in [0.1, 0.15) is 0 Å². The molecule has 6 heteroatoms. The molecule has 0 aliphatic carbocycles. The van der Waals surface area contributed by atoms with E-state index < -0.39 is 5.97 Å². The molecule has 0 spiro atoms. The zero-order valence-corrected chi connectivity index (χ0v) is 10.6. The van der Waals surface area contributed by atoms with Gasteiger partial charge in [0.05, 0.1) is 12.7 Å². The number of hydrogen-bond donors (Lipinski definition) is 1. The highest BCUT2D eigenvalue weighted by molar-refractivity contribution is 5.88. The highest BCUT2D eigenvalue weighted by Crippen LogP contribution is 2.21. The number of ether oxygens (including phenoxy) is 1. The molecule has 0 radical (unpaired) electrons. The average Bonchev–Trinajstić information content (AvgIpc) is 2.46. The second-order valence-electron chi connectivity index (χ2n) is 3.81. The first-order valence-corrected chi connectivity index (χ1v) is 5.56. The highest BCUT2D eigenvalue weighted by Gasteiger charge is 2.09. The molecule has 0 aliphatic heterocycles. The molecule has 0 aliphatic rings. The van der Waals surface area contributed by atoms with Gasteiger partial charge in [-0.05, 0) is 24.3 Å². The lowest BCUT2D eigenvalue weighted by molar-refractivity contribution is 0.0697. The van der Waals surface area contributed by atoms with E-state index in [2.05, 4.69) is 9.97 Å². The van der Waals surface area contributed by atoms with Crippen LogP contribution in [0.2, 0.25) is 0 Å². The number of methoxy groups -OCH3 is 1. The summed E-state index contributed by atoms with van der Waals surface area (Å²) in [6.45, 7) is 0. The van der Waals surface area contributed by atoms with Gasteiger partial charge in [0.2, 0.25) is 11.8 Å². The summed E-state index contributed by atoms with van der Waals surface area (Å²) >= 11 is 0. The normalized spacial score (nSPS) is 10.0. The van der Waals surface area contributed by atoms with Gasteiger partial charge < -0.3 is 14.7 Å². The Balaban J connectivity index is 2.27. The largest absolute Gasteiger partial charge is 0.481 e. The van der Waals surface area contributed by atoms with E-state index in [4.69, 9.17) is 9.84 Å². The van der Waals surface area contributed by atoms with Crippen LogP contribution in [0.4, 0.5) is 11.6 Å². The van der Waals surface area contributed by atoms with Crippen molar-refractivity contribution in [1.82, 2.24) is 9.97 Å². The fraction of sp³-hybridized carbons (Fsp3) is 0.154. The third kappa shape index (κ3) is 2.79. The van der Waals surface area contributed by atoms with E-state index in [0.717, 1.165) is 5.69 Å². The zero-order chi connectivity index (χ0) is 13.8. The van der Waals surface area contributed by atoms with Crippen molar-refractivity contribution < 1.29 is 14.6 Å². The first kappa shape index (κ1) is 12.8. The van der Waals surface area contributed by atoms with Crippen molar-refractivity contribution in [1.29, 1.82) is 0 Å². The van der Waals surface area contributed by atoms with Crippen molar-refractivity contribution in [3.05, 3.63) is 42.1 Å². The fourth-order valence-corrected chi connectivity index (χ4v) is 1.55. The molecule has 1 N–H and O–H groups in total. The Morgan fingerprint density at radius 3 is 2.53 bits per heavy atom. The third-order valence-electron chi connectivity index (χ3n) is 2.63. The smallest absolute Gasteiger partial charge is 0.335 e. The number of rotatable bonds is 4. The van der Waals surface area contributed by atoms with Crippen LogP contribution in [0, 0.1) is 0 Å². The maximum absolute atomic E-state index is 10.8. The Bertz CT molecular complexity index is 584. The molecule has 0 saturated carbocycles. The molecular formula is C13H13N3O3. The summed E-state index contributed by atoms with van der Waals surface area (Å²) in [5.41, 5.74) is 1.03. The Labute approximate surface area is 110 Å². The molecule has 2 aromatic rings. The molecule has 1 heterocycles. The average molecular weight is 259 g/mol. The molecule has 19 heavy (non-hydrogen) atoms. The minimum absolute atomic E-state index is 0.240. The Morgan fingerprint density at radius 2 is 1.95 bits per heavy atom. The molecule has 2 rings (SSSR count). The third-order valence-corrected chi connectivity index (χ3v) is 2.63. The van der Waals surface area contributed by atoms with Gasteiger partial charge in [-0.25, -0.2) is 9.78 Å². The van der Waals surface area contributed by atoms with Crippen LogP contribution in [0.25, 0.3) is 0 Å². The van der Waals surface area contributed by atoms with E-state index in [0.29, 0.717) is 11.8 Å². The van der Waals surface area contributed by atoms with E-state index >= 15 is 0 Å². The van der Waals surface area contributed by atoms with Crippen molar-refractivity contribution in [2.24, 2.45) is 0 Å². The number of benzene rings is 1. The van der Waals surface area contributed by atoms with Crippen LogP contribution >= 0.6 is 0 Å². The van der Waals surface area contributed by atoms with E-state index in [-0.39, 0.29) is 5.56 Å². The van der Waals surface area contributed by atoms with Gasteiger partial charge in [0.15, 0.2) is 0 Å². The number of aromatic nitrogens is 2. The van der Waals surface area contributed by atoms with Crippen molar-refractivity contribution in [2.45, 2.75) is 0 Å². The van der Waals surface area contributed by atoms with Crippen LogP contribution in [0.1, 0.15) is 10.4 Å². The standard InChI is InChI=1S/C13H13N3O3/c1-16(13-14-8-7-11(15-13)19-2)10-5-3-9(4-6-10)12(17)18/h3-8H,1-2H3,(H,17,18). The predicted molar refractivity (Wildman–Crippen MR) is 70.0 cm³/mol. The molecular weight excluding hydrogens is 246 g/mol. The number of nitrogens with zero attached hydrogens (tertiary/aromatic N) is 3. The van der Waals surface area contributed by atoms with E-state index in [1.165, 1.54) is 19.2 Å². The first-order valence-electron chi connectivity index (χ1n) is 5.56. The molecule has 0 bridgehead atoms. The van der Waals surface area contributed by atoms with E-state index in [1.807, 2.05) is 0 Å². The molecule has 1 aromatic heterocycles. The molecule has 1 aromatic carbocycles. The molecule has 0 saturated heterocycles. The van der Waals surface area contributed by atoms with E-state index in [9.17, 15) is 4.79 Å². The molecule has 0 amide bonds. The van der Waals surface area contributed by atoms with Crippen molar-refractivity contribution in [2.75, 3.05) is 19.1 Å². The molecule has 98 valence electrons. The summed E-state index contributed by atoms with van der Waals surface area (Å²) < 4.78 is 5.04. The fourth-order valence-electron chi connectivity index (χ4n) is 1.55. The Morgan fingerprint density at radius 1 is 1.26 bits per heavy atom. The summed E-state index contributed by atoms with van der Waals surface area (Å²) in [5.74, 6) is -0.00624.